The number of carbonyl (C=O) groups is 3. The topological polar surface area (TPSA) is 138 Å². The van der Waals surface area contributed by atoms with Crippen LogP contribution in [0.2, 0.25) is 5.02 Å². The maximum Gasteiger partial charge on any atom is 0.255 e. The van der Waals surface area contributed by atoms with Crippen LogP contribution in [0.3, 0.4) is 0 Å². The van der Waals surface area contributed by atoms with E-state index in [0.717, 1.165) is 0 Å². The van der Waals surface area contributed by atoms with Crippen molar-refractivity contribution in [2.75, 3.05) is 0 Å². The highest BCUT2D eigenvalue weighted by atomic mass is 35.5. The van der Waals surface area contributed by atoms with Gasteiger partial charge in [0.25, 0.3) is 5.91 Å². The number of fused-ring (bicyclic) bond motifs is 3. The lowest BCUT2D eigenvalue weighted by Crippen LogP contribution is -2.51. The summed E-state index contributed by atoms with van der Waals surface area (Å²) in [7, 11) is 0. The van der Waals surface area contributed by atoms with Crippen LogP contribution >= 0.6 is 11.6 Å². The average molecular weight is 462 g/mol. The van der Waals surface area contributed by atoms with Crippen molar-refractivity contribution in [2.45, 2.75) is 53.1 Å². The van der Waals surface area contributed by atoms with Gasteiger partial charge in [-0.25, -0.2) is 0 Å². The van der Waals surface area contributed by atoms with Crippen LogP contribution in [0.5, 0.6) is 5.75 Å². The van der Waals surface area contributed by atoms with Gasteiger partial charge in [0, 0.05) is 28.5 Å². The number of halogens is 1. The fraction of sp³-hybridized carbons (Fsp3) is 0.458. The summed E-state index contributed by atoms with van der Waals surface area (Å²) in [6.45, 7) is 8.83. The normalized spacial score (nSPS) is 31.3. The van der Waals surface area contributed by atoms with Gasteiger partial charge in [-0.1, -0.05) is 31.0 Å². The number of hydrogen-bond acceptors (Lipinski definition) is 6. The third-order valence-electron chi connectivity index (χ3n) is 7.34. The molecule has 4 atom stereocenters. The summed E-state index contributed by atoms with van der Waals surface area (Å²) in [6, 6.07) is 2.71. The molecule has 3 aliphatic carbocycles. The Morgan fingerprint density at radius 1 is 1.19 bits per heavy atom. The fourth-order valence-electron chi connectivity index (χ4n) is 5.55. The average Bonchev–Trinajstić information content (AvgIpc) is 2.71. The Balaban J connectivity index is 0.00000141. The maximum atomic E-state index is 13.5. The first-order valence-electron chi connectivity index (χ1n) is 10.6. The lowest BCUT2D eigenvalue weighted by atomic mass is 9.51. The number of rotatable bonds is 1. The third kappa shape index (κ3) is 2.94. The molecule has 0 saturated carbocycles. The van der Waals surface area contributed by atoms with Crippen molar-refractivity contribution in [1.82, 2.24) is 0 Å². The number of nitrogens with two attached hydrogens (primary N) is 1. The molecule has 8 heteroatoms. The van der Waals surface area contributed by atoms with Crippen LogP contribution < -0.4 is 5.73 Å². The summed E-state index contributed by atoms with van der Waals surface area (Å²) in [6.07, 6.45) is 0.153. The molecule has 32 heavy (non-hydrogen) atoms. The molecule has 4 unspecified atom stereocenters. The minimum atomic E-state index is -1.59. The van der Waals surface area contributed by atoms with Crippen molar-refractivity contribution in [1.29, 1.82) is 0 Å². The Labute approximate surface area is 191 Å². The number of ketones is 2. The van der Waals surface area contributed by atoms with Gasteiger partial charge in [0.1, 0.15) is 17.1 Å². The molecular weight excluding hydrogens is 434 g/mol. The van der Waals surface area contributed by atoms with Gasteiger partial charge in [-0.05, 0) is 45.2 Å². The molecule has 5 N–H and O–H groups in total. The number of aliphatic hydroxyl groups excluding tert-OH is 1. The van der Waals surface area contributed by atoms with Gasteiger partial charge in [-0.15, -0.1) is 0 Å². The van der Waals surface area contributed by atoms with Crippen molar-refractivity contribution in [3.05, 3.63) is 50.8 Å². The number of benzene rings is 1. The predicted octanol–water partition coefficient (Wildman–Crippen LogP) is 3.70. The second kappa shape index (κ2) is 7.74. The van der Waals surface area contributed by atoms with Crippen LogP contribution in [0.15, 0.2) is 34.6 Å². The minimum absolute atomic E-state index is 0.0507. The molecule has 7 nitrogen and oxygen atoms in total. The molecule has 0 aromatic heterocycles. The molecule has 3 aliphatic rings. The van der Waals surface area contributed by atoms with E-state index in [-0.39, 0.29) is 40.3 Å². The second-order valence-electron chi connectivity index (χ2n) is 8.73. The third-order valence-corrected chi connectivity index (χ3v) is 7.66. The number of Topliss-reactive ketones (excluding diaryl/α,β-unsaturated/α-hetero) is 2. The van der Waals surface area contributed by atoms with Crippen LogP contribution in [0.25, 0.3) is 0 Å². The minimum Gasteiger partial charge on any atom is -0.510 e. The van der Waals surface area contributed by atoms with E-state index in [0.29, 0.717) is 5.57 Å². The van der Waals surface area contributed by atoms with E-state index in [2.05, 4.69) is 0 Å². The lowest BCUT2D eigenvalue weighted by Gasteiger charge is -2.52. The highest BCUT2D eigenvalue weighted by molar-refractivity contribution is 6.33. The SMILES string of the molecule is CC.CC1=C2C(=O)c3c(O)ccc(Cl)c3C(C)(O)C2CC2CC(=O)C(C(N)=O)=C(O)C12C. The first-order chi connectivity index (χ1) is 14.8. The number of phenols is 1. The molecule has 0 bridgehead atoms. The zero-order valence-corrected chi connectivity index (χ0v) is 19.5. The Hall–Kier alpha value is -2.64. The van der Waals surface area contributed by atoms with Gasteiger partial charge in [-0.2, -0.15) is 0 Å². The van der Waals surface area contributed by atoms with Gasteiger partial charge in [0.05, 0.1) is 16.6 Å². The summed E-state index contributed by atoms with van der Waals surface area (Å²) in [5, 5.41) is 32.9. The second-order valence-corrected chi connectivity index (χ2v) is 9.14. The molecule has 4 rings (SSSR count). The zero-order chi connectivity index (χ0) is 24.3. The fourth-order valence-corrected chi connectivity index (χ4v) is 5.90. The predicted molar refractivity (Wildman–Crippen MR) is 119 cm³/mol. The van der Waals surface area contributed by atoms with Crippen LogP contribution in [-0.2, 0) is 15.2 Å². The highest BCUT2D eigenvalue weighted by Gasteiger charge is 2.58. The van der Waals surface area contributed by atoms with Gasteiger partial charge >= 0.3 is 0 Å². The summed E-state index contributed by atoms with van der Waals surface area (Å²) < 4.78 is 0. The number of allylic oxidation sites excluding steroid dienone is 1. The zero-order valence-electron chi connectivity index (χ0n) is 18.7. The first kappa shape index (κ1) is 24.0. The van der Waals surface area contributed by atoms with Crippen molar-refractivity contribution < 1.29 is 29.7 Å². The maximum absolute atomic E-state index is 13.5. The Kier molecular flexibility index (Phi) is 5.81. The van der Waals surface area contributed by atoms with Gasteiger partial charge in [0.15, 0.2) is 11.6 Å². The van der Waals surface area contributed by atoms with E-state index < -0.39 is 51.7 Å². The highest BCUT2D eigenvalue weighted by Crippen LogP contribution is 2.61. The number of hydrogen-bond donors (Lipinski definition) is 4. The molecular formula is C24H28ClNO6. The van der Waals surface area contributed by atoms with Gasteiger partial charge in [0.2, 0.25) is 0 Å². The standard InChI is InChI=1S/C22H22ClNO6.C2H6/c1-8-14-10(6-9-7-13(26)16(20(24)29)19(28)21(8,9)2)22(3,30)17-11(23)4-5-12(25)15(17)18(14)27;1-2/h4-5,9-10,25,28,30H,6-7H2,1-3H3,(H2,24,29);1-2H3. The van der Waals surface area contributed by atoms with Gasteiger partial charge < -0.3 is 21.1 Å². The Morgan fingerprint density at radius 3 is 2.34 bits per heavy atom. The number of amides is 1. The summed E-state index contributed by atoms with van der Waals surface area (Å²) >= 11 is 6.30. The molecule has 0 aliphatic heterocycles. The number of phenolic OH excluding ortho intramolecular Hbond substituents is 1. The molecule has 0 radical (unpaired) electrons. The van der Waals surface area contributed by atoms with E-state index >= 15 is 0 Å². The number of aromatic hydroxyl groups is 1. The largest absolute Gasteiger partial charge is 0.510 e. The molecule has 1 aromatic rings. The summed E-state index contributed by atoms with van der Waals surface area (Å²) in [5.74, 6) is -3.99. The van der Waals surface area contributed by atoms with E-state index in [4.69, 9.17) is 17.3 Å². The van der Waals surface area contributed by atoms with E-state index in [1.54, 1.807) is 13.8 Å². The number of aliphatic hydroxyl groups is 2. The molecule has 172 valence electrons. The smallest absolute Gasteiger partial charge is 0.255 e. The lowest BCUT2D eigenvalue weighted by molar-refractivity contribution is -0.124. The molecule has 0 spiro atoms. The number of carbonyl (C=O) groups excluding carboxylic acids is 3. The summed E-state index contributed by atoms with van der Waals surface area (Å²) in [4.78, 5) is 37.8. The van der Waals surface area contributed by atoms with E-state index in [9.17, 15) is 29.7 Å². The van der Waals surface area contributed by atoms with Crippen molar-refractivity contribution in [3.8, 4) is 5.75 Å². The van der Waals surface area contributed by atoms with Crippen molar-refractivity contribution in [3.63, 3.8) is 0 Å². The van der Waals surface area contributed by atoms with Crippen LogP contribution in [0.1, 0.15) is 63.4 Å². The van der Waals surface area contributed by atoms with Crippen LogP contribution in [0.4, 0.5) is 0 Å². The molecule has 0 fully saturated rings. The first-order valence-corrected chi connectivity index (χ1v) is 11.0. The van der Waals surface area contributed by atoms with E-state index in [1.165, 1.54) is 19.1 Å². The van der Waals surface area contributed by atoms with E-state index in [1.807, 2.05) is 13.8 Å². The van der Waals surface area contributed by atoms with Gasteiger partial charge in [-0.3, -0.25) is 14.4 Å². The Bertz CT molecular complexity index is 1120. The molecule has 0 heterocycles. The van der Waals surface area contributed by atoms with Crippen molar-refractivity contribution in [2.24, 2.45) is 23.0 Å². The molecule has 1 aromatic carbocycles. The Morgan fingerprint density at radius 2 is 1.78 bits per heavy atom. The number of primary amides is 1. The molecule has 1 amide bonds. The molecule has 0 saturated heterocycles. The van der Waals surface area contributed by atoms with Crippen LogP contribution in [0, 0.1) is 17.3 Å². The quantitative estimate of drug-likeness (QED) is 0.470. The summed E-state index contributed by atoms with van der Waals surface area (Å²) in [5.41, 5.74) is 2.86. The van der Waals surface area contributed by atoms with Crippen molar-refractivity contribution >= 4 is 29.1 Å². The monoisotopic (exact) mass is 461 g/mol. The van der Waals surface area contributed by atoms with Crippen LogP contribution in [-0.4, -0.2) is 32.8 Å².